The van der Waals surface area contributed by atoms with Crippen LogP contribution in [-0.4, -0.2) is 97.0 Å². The van der Waals surface area contributed by atoms with Gasteiger partial charge in [0.15, 0.2) is 0 Å². The van der Waals surface area contributed by atoms with Crippen LogP contribution in [0.25, 0.3) is 11.1 Å². The molecular weight excluding hydrogens is 709 g/mol. The molecule has 4 aliphatic rings. The maximum absolute atomic E-state index is 14.3. The number of carbonyl (C=O) groups excluding carboxylic acids is 3. The molecule has 0 unspecified atom stereocenters. The highest BCUT2D eigenvalue weighted by molar-refractivity contribution is 6.05. The number of amides is 3. The Morgan fingerprint density at radius 3 is 2.39 bits per heavy atom. The number of methoxy groups -OCH3 is 1. The molecule has 3 aromatic carbocycles. The van der Waals surface area contributed by atoms with Crippen molar-refractivity contribution in [2.24, 2.45) is 29.1 Å². The van der Waals surface area contributed by atoms with Gasteiger partial charge in [-0.2, -0.15) is 5.06 Å². The Hall–Kier alpha value is -4.29. The second-order valence-electron chi connectivity index (χ2n) is 17.0. The lowest BCUT2D eigenvalue weighted by atomic mass is 9.45. The molecule has 11 nitrogen and oxygen atoms in total. The summed E-state index contributed by atoms with van der Waals surface area (Å²) in [7, 11) is 6.89. The van der Waals surface area contributed by atoms with E-state index >= 15 is 0 Å². The van der Waals surface area contributed by atoms with Crippen LogP contribution in [0.4, 0.5) is 5.69 Å². The molecule has 11 heteroatoms. The van der Waals surface area contributed by atoms with Crippen LogP contribution >= 0.6 is 0 Å². The summed E-state index contributed by atoms with van der Waals surface area (Å²) in [6, 6.07) is 20.3. The Morgan fingerprint density at radius 2 is 1.77 bits per heavy atom. The van der Waals surface area contributed by atoms with Crippen molar-refractivity contribution in [3.8, 4) is 16.9 Å². The van der Waals surface area contributed by atoms with E-state index in [9.17, 15) is 24.6 Å². The van der Waals surface area contributed by atoms with Crippen LogP contribution in [0.2, 0.25) is 0 Å². The Labute approximate surface area is 331 Å². The van der Waals surface area contributed by atoms with Crippen LogP contribution in [0, 0.1) is 29.1 Å². The molecule has 1 heterocycles. The van der Waals surface area contributed by atoms with Crippen molar-refractivity contribution in [2.75, 3.05) is 39.8 Å². The summed E-state index contributed by atoms with van der Waals surface area (Å²) in [5.41, 5.74) is 4.69. The number of anilines is 1. The number of hydrogen-bond donors (Lipinski definition) is 3. The molecule has 7 rings (SSSR count). The molecule has 0 radical (unpaired) electrons. The van der Waals surface area contributed by atoms with Crippen LogP contribution in [0.3, 0.4) is 0 Å². The lowest BCUT2D eigenvalue weighted by Gasteiger charge is -2.62. The van der Waals surface area contributed by atoms with E-state index in [1.807, 2.05) is 73.6 Å². The van der Waals surface area contributed by atoms with Gasteiger partial charge in [-0.15, -0.1) is 0 Å². The number of nitrogens with zero attached hydrogens (tertiary/aromatic N) is 3. The van der Waals surface area contributed by atoms with Crippen LogP contribution in [0.5, 0.6) is 5.75 Å². The zero-order valence-corrected chi connectivity index (χ0v) is 34.2. The summed E-state index contributed by atoms with van der Waals surface area (Å²) in [6.07, 6.45) is 2.03. The molecule has 1 aliphatic heterocycles. The third-order valence-electron chi connectivity index (χ3n) is 13.1. The molecule has 56 heavy (non-hydrogen) atoms. The number of aryl methyl sites for hydroxylation is 1. The van der Waals surface area contributed by atoms with E-state index in [4.69, 9.17) is 9.57 Å². The average molecular weight is 769 g/mol. The van der Waals surface area contributed by atoms with Crippen molar-refractivity contribution in [3.63, 3.8) is 0 Å². The van der Waals surface area contributed by atoms with Gasteiger partial charge in [0, 0.05) is 61.9 Å². The van der Waals surface area contributed by atoms with Gasteiger partial charge in [0.05, 0.1) is 26.4 Å². The number of nitrogens with one attached hydrogen (secondary N) is 1. The molecule has 3 aromatic rings. The van der Waals surface area contributed by atoms with Gasteiger partial charge in [0.25, 0.3) is 5.91 Å². The van der Waals surface area contributed by atoms with Gasteiger partial charge in [0.2, 0.25) is 11.8 Å². The summed E-state index contributed by atoms with van der Waals surface area (Å²) in [5, 5.41) is 26.2. The van der Waals surface area contributed by atoms with Crippen molar-refractivity contribution in [3.05, 3.63) is 83.4 Å². The zero-order valence-electron chi connectivity index (χ0n) is 34.2. The normalized spacial score (nSPS) is 25.9. The smallest absolute Gasteiger partial charge is 0.260 e. The number of carbonyl (C=O) groups is 3. The molecule has 1 saturated heterocycles. The summed E-state index contributed by atoms with van der Waals surface area (Å²) >= 11 is 0. The number of hydrogen-bond acceptors (Lipinski definition) is 9. The fourth-order valence-corrected chi connectivity index (χ4v) is 9.54. The van der Waals surface area contributed by atoms with Gasteiger partial charge in [-0.25, -0.2) is 0 Å². The highest BCUT2D eigenvalue weighted by Crippen LogP contribution is 2.61. The Kier molecular flexibility index (Phi) is 12.6. The topological polar surface area (TPSA) is 132 Å². The van der Waals surface area contributed by atoms with Gasteiger partial charge >= 0.3 is 0 Å². The van der Waals surface area contributed by atoms with Crippen molar-refractivity contribution in [2.45, 2.75) is 90.6 Å². The Morgan fingerprint density at radius 1 is 1.04 bits per heavy atom. The third kappa shape index (κ3) is 8.23. The number of aliphatic hydroxyl groups excluding tert-OH is 2. The number of aliphatic hydroxyl groups is 2. The number of rotatable bonds is 14. The largest absolute Gasteiger partial charge is 0.496 e. The quantitative estimate of drug-likeness (QED) is 0.189. The number of para-hydroxylation sites is 1. The molecule has 0 spiro atoms. The fourth-order valence-electron chi connectivity index (χ4n) is 9.54. The maximum atomic E-state index is 14.3. The van der Waals surface area contributed by atoms with E-state index in [-0.39, 0.29) is 42.8 Å². The van der Waals surface area contributed by atoms with Crippen LogP contribution in [0.1, 0.15) is 74.9 Å². The molecule has 0 aromatic heterocycles. The molecule has 4 fully saturated rings. The molecular formula is C45H60N4O7. The van der Waals surface area contributed by atoms with Gasteiger partial charge in [-0.3, -0.25) is 24.1 Å². The predicted molar refractivity (Wildman–Crippen MR) is 217 cm³/mol. The number of ether oxygens (including phenoxy) is 1. The van der Waals surface area contributed by atoms with Gasteiger partial charge in [-0.05, 0) is 85.1 Å². The lowest BCUT2D eigenvalue weighted by molar-refractivity contribution is -0.183. The maximum Gasteiger partial charge on any atom is 0.260 e. The number of fused-ring (bicyclic) bond motifs is 2. The highest BCUT2D eigenvalue weighted by atomic mass is 16.7. The van der Waals surface area contributed by atoms with Gasteiger partial charge in [0.1, 0.15) is 17.9 Å². The van der Waals surface area contributed by atoms with E-state index < -0.39 is 30.1 Å². The minimum absolute atomic E-state index is 0.0197. The van der Waals surface area contributed by atoms with Crippen molar-refractivity contribution >= 4 is 23.4 Å². The van der Waals surface area contributed by atoms with Crippen LogP contribution in [-0.2, 0) is 27.4 Å². The summed E-state index contributed by atoms with van der Waals surface area (Å²) in [5.74, 6) is 0.405. The minimum Gasteiger partial charge on any atom is -0.496 e. The van der Waals surface area contributed by atoms with Crippen LogP contribution < -0.4 is 15.0 Å². The van der Waals surface area contributed by atoms with Crippen molar-refractivity contribution < 1.29 is 34.2 Å². The highest BCUT2D eigenvalue weighted by Gasteiger charge is 2.57. The number of hydroxylamine groups is 2. The second-order valence-corrected chi connectivity index (χ2v) is 17.0. The van der Waals surface area contributed by atoms with E-state index in [0.717, 1.165) is 24.1 Å². The minimum atomic E-state index is -0.921. The summed E-state index contributed by atoms with van der Waals surface area (Å²) in [4.78, 5) is 50.7. The molecule has 3 aliphatic carbocycles. The SMILES string of the molecule is COc1c(CN2O[C@@H](CO)[C@H]([C@H](C)O)[C@H]2C(=O)N[C@H]2C[C@H]3C[C@H]([C@@H]2C)C3(C)C)cccc1-c1cc(C(=O)N(C)C(=O)CCCc2ccccc2)cc(N(C)C)c1. The first-order valence-electron chi connectivity index (χ1n) is 20.0. The molecule has 302 valence electrons. The van der Waals surface area contributed by atoms with Crippen molar-refractivity contribution in [1.29, 1.82) is 0 Å². The monoisotopic (exact) mass is 768 g/mol. The first-order valence-corrected chi connectivity index (χ1v) is 20.0. The second kappa shape index (κ2) is 17.1. The zero-order chi connectivity index (χ0) is 40.5. The first kappa shape index (κ1) is 41.3. The summed E-state index contributed by atoms with van der Waals surface area (Å²) in [6.45, 7) is 8.29. The van der Waals surface area contributed by atoms with Gasteiger partial charge < -0.3 is 25.2 Å². The Balaban J connectivity index is 1.25. The summed E-state index contributed by atoms with van der Waals surface area (Å²) < 4.78 is 6.06. The lowest BCUT2D eigenvalue weighted by Crippen LogP contribution is -2.62. The van der Waals surface area contributed by atoms with E-state index in [1.54, 1.807) is 31.2 Å². The Bertz CT molecular complexity index is 1880. The fraction of sp³-hybridized carbons (Fsp3) is 0.533. The molecule has 8 atom stereocenters. The van der Waals surface area contributed by atoms with E-state index in [1.165, 1.54) is 18.4 Å². The van der Waals surface area contributed by atoms with Crippen molar-refractivity contribution in [1.82, 2.24) is 15.3 Å². The van der Waals surface area contributed by atoms with E-state index in [0.29, 0.717) is 52.2 Å². The first-order chi connectivity index (χ1) is 26.7. The number of benzene rings is 3. The predicted octanol–water partition coefficient (Wildman–Crippen LogP) is 5.71. The number of imide groups is 1. The van der Waals surface area contributed by atoms with Gasteiger partial charge in [-0.1, -0.05) is 69.3 Å². The molecule has 3 saturated carbocycles. The van der Waals surface area contributed by atoms with Crippen LogP contribution in [0.15, 0.2) is 66.7 Å². The van der Waals surface area contributed by atoms with E-state index in [2.05, 4.69) is 26.1 Å². The standard InChI is InChI=1S/C45H60N4O7/c1-27-36-23-33(45(36,3)4)24-37(27)46-43(53)41-40(28(2)51)38(26-50)56-49(41)25-30-17-13-18-35(42(30)55-8)31-20-32(22-34(21-31)47(5)6)44(54)48(7)39(52)19-12-16-29-14-10-9-11-15-29/h9-11,13-15,17-18,20-22,27-28,33,36-38,40-41,50-51H,12,16,19,23-26H2,1-8H3,(H,46,53)/t27-,28-,33+,36+,37-,38-,40-,41-/m0/s1. The molecule has 3 N–H and O–H groups in total. The average Bonchev–Trinajstić information content (AvgIpc) is 3.56. The molecule has 3 amide bonds. The molecule has 2 bridgehead atoms. The third-order valence-corrected chi connectivity index (χ3v) is 13.1.